The molecule has 0 saturated carbocycles. The molecule has 146 valence electrons. The summed E-state index contributed by atoms with van der Waals surface area (Å²) in [6.07, 6.45) is 5.46. The number of nitrogens with one attached hydrogen (secondary N) is 2. The van der Waals surface area contributed by atoms with Crippen LogP contribution in [-0.4, -0.2) is 40.7 Å². The highest BCUT2D eigenvalue weighted by Gasteiger charge is 2.14. The Bertz CT molecular complexity index is 995. The van der Waals surface area contributed by atoms with Crippen LogP contribution in [0.5, 0.6) is 0 Å². The van der Waals surface area contributed by atoms with Crippen LogP contribution in [0.4, 0.5) is 5.95 Å². The SMILES string of the molecule is Cc1cnc(NCCC2CCNCC2)nc1-c1cc2ccc(C(=O)O)cc2s1. The van der Waals surface area contributed by atoms with Crippen LogP contribution in [0.1, 0.15) is 35.2 Å². The van der Waals surface area contributed by atoms with Gasteiger partial charge in [0.15, 0.2) is 0 Å². The summed E-state index contributed by atoms with van der Waals surface area (Å²) in [5.41, 5.74) is 2.21. The van der Waals surface area contributed by atoms with Crippen molar-refractivity contribution < 1.29 is 9.90 Å². The average molecular weight is 397 g/mol. The zero-order valence-electron chi connectivity index (χ0n) is 15.9. The molecule has 3 N–H and O–H groups in total. The van der Waals surface area contributed by atoms with Gasteiger partial charge in [-0.15, -0.1) is 11.3 Å². The highest BCUT2D eigenvalue weighted by atomic mass is 32.1. The number of piperidine rings is 1. The molecular formula is C21H24N4O2S. The number of fused-ring (bicyclic) bond motifs is 1. The largest absolute Gasteiger partial charge is 0.478 e. The van der Waals surface area contributed by atoms with Crippen LogP contribution in [0.2, 0.25) is 0 Å². The second-order valence-corrected chi connectivity index (χ2v) is 8.39. The van der Waals surface area contributed by atoms with Gasteiger partial charge in [-0.2, -0.15) is 0 Å². The van der Waals surface area contributed by atoms with Crippen LogP contribution in [-0.2, 0) is 0 Å². The number of aromatic nitrogens is 2. The lowest BCUT2D eigenvalue weighted by Crippen LogP contribution is -2.28. The maximum absolute atomic E-state index is 11.2. The second kappa shape index (κ2) is 8.24. The number of aromatic carboxylic acids is 1. The van der Waals surface area contributed by atoms with Gasteiger partial charge in [0.2, 0.25) is 5.95 Å². The van der Waals surface area contributed by atoms with Crippen molar-refractivity contribution in [3.63, 3.8) is 0 Å². The van der Waals surface area contributed by atoms with Crippen molar-refractivity contribution in [3.8, 4) is 10.6 Å². The molecule has 0 radical (unpaired) electrons. The third-order valence-electron chi connectivity index (χ3n) is 5.27. The number of hydrogen-bond donors (Lipinski definition) is 3. The van der Waals surface area contributed by atoms with Crippen molar-refractivity contribution in [2.75, 3.05) is 25.0 Å². The predicted octanol–water partition coefficient (Wildman–Crippen LogP) is 4.17. The molecule has 4 rings (SSSR count). The summed E-state index contributed by atoms with van der Waals surface area (Å²) in [5, 5.41) is 17.0. The minimum Gasteiger partial charge on any atom is -0.478 e. The van der Waals surface area contributed by atoms with Gasteiger partial charge < -0.3 is 15.7 Å². The van der Waals surface area contributed by atoms with E-state index in [-0.39, 0.29) is 0 Å². The van der Waals surface area contributed by atoms with E-state index in [0.29, 0.717) is 11.5 Å². The van der Waals surface area contributed by atoms with Gasteiger partial charge in [-0.05, 0) is 74.3 Å². The predicted molar refractivity (Wildman–Crippen MR) is 113 cm³/mol. The monoisotopic (exact) mass is 396 g/mol. The summed E-state index contributed by atoms with van der Waals surface area (Å²) >= 11 is 1.56. The number of carboxylic acids is 1. The number of thiophene rings is 1. The number of benzene rings is 1. The zero-order chi connectivity index (χ0) is 19.5. The van der Waals surface area contributed by atoms with E-state index in [0.717, 1.165) is 58.2 Å². The fourth-order valence-electron chi connectivity index (χ4n) is 3.62. The third kappa shape index (κ3) is 4.15. The van der Waals surface area contributed by atoms with Crippen molar-refractivity contribution in [3.05, 3.63) is 41.6 Å². The Labute approximate surface area is 168 Å². The molecule has 28 heavy (non-hydrogen) atoms. The second-order valence-electron chi connectivity index (χ2n) is 7.30. The highest BCUT2D eigenvalue weighted by molar-refractivity contribution is 7.22. The van der Waals surface area contributed by atoms with E-state index in [1.165, 1.54) is 12.8 Å². The van der Waals surface area contributed by atoms with Crippen molar-refractivity contribution in [2.24, 2.45) is 5.92 Å². The number of hydrogen-bond acceptors (Lipinski definition) is 6. The van der Waals surface area contributed by atoms with Gasteiger partial charge in [0.1, 0.15) is 0 Å². The smallest absolute Gasteiger partial charge is 0.335 e. The number of rotatable bonds is 6. The topological polar surface area (TPSA) is 87.1 Å². The fourth-order valence-corrected chi connectivity index (χ4v) is 4.77. The first-order valence-corrected chi connectivity index (χ1v) is 10.5. The Morgan fingerprint density at radius 2 is 2.14 bits per heavy atom. The third-order valence-corrected chi connectivity index (χ3v) is 6.37. The first kappa shape index (κ1) is 18.8. The molecule has 1 fully saturated rings. The van der Waals surface area contributed by atoms with E-state index in [1.807, 2.05) is 19.2 Å². The summed E-state index contributed by atoms with van der Waals surface area (Å²) < 4.78 is 0.952. The van der Waals surface area contributed by atoms with Crippen LogP contribution in [0, 0.1) is 12.8 Å². The molecule has 1 saturated heterocycles. The molecule has 7 heteroatoms. The summed E-state index contributed by atoms with van der Waals surface area (Å²) in [5.74, 6) is 0.512. The minimum absolute atomic E-state index is 0.306. The van der Waals surface area contributed by atoms with Gasteiger partial charge in [0.05, 0.1) is 16.1 Å². The normalized spacial score (nSPS) is 15.0. The Hall–Kier alpha value is -2.51. The van der Waals surface area contributed by atoms with Crippen molar-refractivity contribution in [1.82, 2.24) is 15.3 Å². The first-order chi connectivity index (χ1) is 13.6. The first-order valence-electron chi connectivity index (χ1n) is 9.65. The standard InChI is InChI=1S/C21H24N4O2S/c1-13-12-24-21(23-9-6-14-4-7-22-8-5-14)25-19(13)18-10-15-2-3-16(20(26)27)11-17(15)28-18/h2-3,10-12,14,22H,4-9H2,1H3,(H,26,27)(H,23,24,25). The van der Waals surface area contributed by atoms with Gasteiger partial charge in [-0.1, -0.05) is 6.07 Å². The number of nitrogens with zero attached hydrogens (tertiary/aromatic N) is 2. The molecule has 0 spiro atoms. The van der Waals surface area contributed by atoms with Crippen LogP contribution in [0.15, 0.2) is 30.5 Å². The summed E-state index contributed by atoms with van der Waals surface area (Å²) in [4.78, 5) is 21.4. The van der Waals surface area contributed by atoms with E-state index in [1.54, 1.807) is 23.5 Å². The Morgan fingerprint density at radius 1 is 1.32 bits per heavy atom. The summed E-state index contributed by atoms with van der Waals surface area (Å²) in [7, 11) is 0. The maximum atomic E-state index is 11.2. The van der Waals surface area contributed by atoms with Gasteiger partial charge in [0, 0.05) is 17.4 Å². The zero-order valence-corrected chi connectivity index (χ0v) is 16.7. The lowest BCUT2D eigenvalue weighted by Gasteiger charge is -2.22. The Balaban J connectivity index is 1.51. The molecule has 6 nitrogen and oxygen atoms in total. The molecule has 3 aromatic rings. The minimum atomic E-state index is -0.907. The van der Waals surface area contributed by atoms with Crippen LogP contribution in [0.3, 0.4) is 0 Å². The molecule has 0 aliphatic carbocycles. The van der Waals surface area contributed by atoms with Gasteiger partial charge >= 0.3 is 5.97 Å². The highest BCUT2D eigenvalue weighted by Crippen LogP contribution is 2.34. The molecule has 0 atom stereocenters. The average Bonchev–Trinajstić information content (AvgIpc) is 3.13. The Kier molecular flexibility index (Phi) is 5.54. The van der Waals surface area contributed by atoms with Gasteiger partial charge in [0.25, 0.3) is 0 Å². The quantitative estimate of drug-likeness (QED) is 0.580. The Morgan fingerprint density at radius 3 is 2.93 bits per heavy atom. The van der Waals surface area contributed by atoms with Crippen molar-refractivity contribution in [2.45, 2.75) is 26.2 Å². The van der Waals surface area contributed by atoms with E-state index in [2.05, 4.69) is 21.7 Å². The van der Waals surface area contributed by atoms with Crippen LogP contribution >= 0.6 is 11.3 Å². The molecule has 1 aliphatic rings. The van der Waals surface area contributed by atoms with E-state index in [4.69, 9.17) is 4.98 Å². The van der Waals surface area contributed by atoms with E-state index in [9.17, 15) is 9.90 Å². The molecule has 1 aromatic carbocycles. The van der Waals surface area contributed by atoms with Crippen LogP contribution < -0.4 is 10.6 Å². The van der Waals surface area contributed by atoms with E-state index >= 15 is 0 Å². The molecule has 1 aliphatic heterocycles. The molecule has 2 aromatic heterocycles. The lowest BCUT2D eigenvalue weighted by atomic mass is 9.95. The summed E-state index contributed by atoms with van der Waals surface area (Å²) in [6.45, 7) is 5.11. The lowest BCUT2D eigenvalue weighted by molar-refractivity contribution is 0.0697. The molecule has 0 amide bonds. The fraction of sp³-hybridized carbons (Fsp3) is 0.381. The van der Waals surface area contributed by atoms with Gasteiger partial charge in [-0.3, -0.25) is 0 Å². The van der Waals surface area contributed by atoms with Crippen molar-refractivity contribution in [1.29, 1.82) is 0 Å². The van der Waals surface area contributed by atoms with Crippen molar-refractivity contribution >= 4 is 33.3 Å². The van der Waals surface area contributed by atoms with E-state index < -0.39 is 5.97 Å². The molecular weight excluding hydrogens is 372 g/mol. The number of carbonyl (C=O) groups is 1. The molecule has 0 bridgehead atoms. The molecule has 0 unspecified atom stereocenters. The summed E-state index contributed by atoms with van der Waals surface area (Å²) in [6, 6.07) is 7.29. The number of aryl methyl sites for hydroxylation is 1. The van der Waals surface area contributed by atoms with Gasteiger partial charge in [-0.25, -0.2) is 14.8 Å². The molecule has 3 heterocycles. The number of carboxylic acid groups (broad SMARTS) is 1. The maximum Gasteiger partial charge on any atom is 0.335 e. The van der Waals surface area contributed by atoms with Crippen LogP contribution in [0.25, 0.3) is 20.7 Å². The number of anilines is 1.